The van der Waals surface area contributed by atoms with Crippen molar-refractivity contribution in [2.24, 2.45) is 5.41 Å². The molecule has 1 aliphatic carbocycles. The first-order chi connectivity index (χ1) is 7.14. The van der Waals surface area contributed by atoms with Crippen molar-refractivity contribution in [1.29, 1.82) is 0 Å². The Balaban J connectivity index is 2.34. The Hall–Kier alpha value is -1.31. The van der Waals surface area contributed by atoms with Gasteiger partial charge in [-0.05, 0) is 31.2 Å². The summed E-state index contributed by atoms with van der Waals surface area (Å²) in [7, 11) is 0. The summed E-state index contributed by atoms with van der Waals surface area (Å²) in [6, 6.07) is 10.0. The quantitative estimate of drug-likeness (QED) is 0.804. The van der Waals surface area contributed by atoms with Crippen LogP contribution >= 0.6 is 0 Å². The Labute approximate surface area is 89.9 Å². The van der Waals surface area contributed by atoms with Gasteiger partial charge in [0.05, 0.1) is 5.41 Å². The van der Waals surface area contributed by atoms with E-state index in [1.54, 1.807) is 0 Å². The molecule has 15 heavy (non-hydrogen) atoms. The predicted octanol–water partition coefficient (Wildman–Crippen LogP) is 3.05. The third-order valence-corrected chi connectivity index (χ3v) is 3.65. The van der Waals surface area contributed by atoms with Gasteiger partial charge in [-0.15, -0.1) is 0 Å². The number of carboxylic acids is 1. The first kappa shape index (κ1) is 10.2. The van der Waals surface area contributed by atoms with Crippen molar-refractivity contribution in [3.8, 4) is 0 Å². The molecule has 1 aliphatic rings. The minimum Gasteiger partial charge on any atom is -0.481 e. The highest BCUT2D eigenvalue weighted by Crippen LogP contribution is 2.49. The van der Waals surface area contributed by atoms with E-state index in [1.807, 2.05) is 37.3 Å². The lowest BCUT2D eigenvalue weighted by Gasteiger charge is -2.27. The third-order valence-electron chi connectivity index (χ3n) is 3.65. The van der Waals surface area contributed by atoms with Crippen LogP contribution in [0.3, 0.4) is 0 Å². The highest BCUT2D eigenvalue weighted by Gasteiger charge is 2.45. The molecule has 1 aromatic carbocycles. The molecule has 0 heterocycles. The van der Waals surface area contributed by atoms with Crippen molar-refractivity contribution in [2.75, 3.05) is 0 Å². The van der Waals surface area contributed by atoms with Crippen molar-refractivity contribution >= 4 is 5.97 Å². The number of rotatable bonds is 2. The fraction of sp³-hybridized carbons (Fsp3) is 0.462. The summed E-state index contributed by atoms with van der Waals surface area (Å²) in [6.07, 6.45) is 2.80. The SMILES string of the molecule is C[C@]1(C(=O)O)CCC[C@@H]1c1ccccc1. The van der Waals surface area contributed by atoms with Gasteiger partial charge in [0.15, 0.2) is 0 Å². The smallest absolute Gasteiger partial charge is 0.309 e. The van der Waals surface area contributed by atoms with Crippen LogP contribution in [0, 0.1) is 5.41 Å². The van der Waals surface area contributed by atoms with E-state index in [4.69, 9.17) is 0 Å². The minimum atomic E-state index is -0.658. The van der Waals surface area contributed by atoms with E-state index >= 15 is 0 Å². The minimum absolute atomic E-state index is 0.177. The average Bonchev–Trinajstić information content (AvgIpc) is 2.63. The normalized spacial score (nSPS) is 30.3. The molecule has 0 saturated heterocycles. The zero-order valence-electron chi connectivity index (χ0n) is 8.94. The van der Waals surface area contributed by atoms with Crippen LogP contribution in [0.25, 0.3) is 0 Å². The molecule has 0 bridgehead atoms. The molecule has 2 atom stereocenters. The number of aliphatic carboxylic acids is 1. The lowest BCUT2D eigenvalue weighted by atomic mass is 9.76. The molecule has 1 N–H and O–H groups in total. The van der Waals surface area contributed by atoms with Gasteiger partial charge in [0.25, 0.3) is 0 Å². The molecule has 1 saturated carbocycles. The van der Waals surface area contributed by atoms with Gasteiger partial charge < -0.3 is 5.11 Å². The van der Waals surface area contributed by atoms with Crippen LogP contribution in [0.5, 0.6) is 0 Å². The Bertz CT molecular complexity index is 358. The Morgan fingerprint density at radius 1 is 1.40 bits per heavy atom. The number of hydrogen-bond donors (Lipinski definition) is 1. The predicted molar refractivity (Wildman–Crippen MR) is 58.8 cm³/mol. The second-order valence-corrected chi connectivity index (χ2v) is 4.58. The average molecular weight is 204 g/mol. The monoisotopic (exact) mass is 204 g/mol. The van der Waals surface area contributed by atoms with Crippen LogP contribution < -0.4 is 0 Å². The molecular formula is C13H16O2. The van der Waals surface area contributed by atoms with E-state index in [0.29, 0.717) is 0 Å². The van der Waals surface area contributed by atoms with Crippen LogP contribution in [0.15, 0.2) is 30.3 Å². The van der Waals surface area contributed by atoms with Crippen LogP contribution in [0.1, 0.15) is 37.7 Å². The summed E-state index contributed by atoms with van der Waals surface area (Å²) in [5, 5.41) is 9.30. The highest BCUT2D eigenvalue weighted by molar-refractivity contribution is 5.76. The van der Waals surface area contributed by atoms with Crippen molar-refractivity contribution in [1.82, 2.24) is 0 Å². The molecule has 2 nitrogen and oxygen atoms in total. The zero-order valence-corrected chi connectivity index (χ0v) is 8.94. The Morgan fingerprint density at radius 2 is 2.07 bits per heavy atom. The second kappa shape index (κ2) is 3.69. The van der Waals surface area contributed by atoms with Crippen molar-refractivity contribution in [3.63, 3.8) is 0 Å². The number of carbonyl (C=O) groups is 1. The van der Waals surface area contributed by atoms with Crippen LogP contribution in [0.2, 0.25) is 0 Å². The van der Waals surface area contributed by atoms with E-state index < -0.39 is 11.4 Å². The zero-order chi connectivity index (χ0) is 10.9. The van der Waals surface area contributed by atoms with Gasteiger partial charge in [-0.25, -0.2) is 0 Å². The number of benzene rings is 1. The maximum atomic E-state index is 11.3. The van der Waals surface area contributed by atoms with Gasteiger partial charge >= 0.3 is 5.97 Å². The summed E-state index contributed by atoms with van der Waals surface area (Å²) < 4.78 is 0. The van der Waals surface area contributed by atoms with E-state index in [9.17, 15) is 9.90 Å². The van der Waals surface area contributed by atoms with Gasteiger partial charge in [0.1, 0.15) is 0 Å². The maximum absolute atomic E-state index is 11.3. The van der Waals surface area contributed by atoms with Gasteiger partial charge in [-0.1, -0.05) is 36.8 Å². The molecule has 0 aromatic heterocycles. The summed E-state index contributed by atoms with van der Waals surface area (Å²) in [5.41, 5.74) is 0.598. The van der Waals surface area contributed by atoms with Crippen molar-refractivity contribution in [3.05, 3.63) is 35.9 Å². The second-order valence-electron chi connectivity index (χ2n) is 4.58. The van der Waals surface area contributed by atoms with E-state index in [1.165, 1.54) is 5.56 Å². The van der Waals surface area contributed by atoms with Gasteiger partial charge in [0.2, 0.25) is 0 Å². The van der Waals surface area contributed by atoms with Crippen LogP contribution in [-0.4, -0.2) is 11.1 Å². The van der Waals surface area contributed by atoms with Crippen molar-refractivity contribution in [2.45, 2.75) is 32.1 Å². The first-order valence-corrected chi connectivity index (χ1v) is 5.43. The van der Waals surface area contributed by atoms with E-state index in [0.717, 1.165) is 19.3 Å². The largest absolute Gasteiger partial charge is 0.481 e. The van der Waals surface area contributed by atoms with Crippen LogP contribution in [-0.2, 0) is 4.79 Å². The fourth-order valence-corrected chi connectivity index (χ4v) is 2.64. The van der Waals surface area contributed by atoms with E-state index in [2.05, 4.69) is 0 Å². The molecule has 0 amide bonds. The molecule has 0 unspecified atom stereocenters. The topological polar surface area (TPSA) is 37.3 Å². The van der Waals surface area contributed by atoms with Gasteiger partial charge in [-0.3, -0.25) is 4.79 Å². The molecular weight excluding hydrogens is 188 g/mol. The standard InChI is InChI=1S/C13H16O2/c1-13(12(14)15)9-5-8-11(13)10-6-3-2-4-7-10/h2-4,6-7,11H,5,8-9H2,1H3,(H,14,15)/t11-,13+/m1/s1. The lowest BCUT2D eigenvalue weighted by molar-refractivity contribution is -0.148. The Morgan fingerprint density at radius 3 is 2.67 bits per heavy atom. The van der Waals surface area contributed by atoms with Crippen LogP contribution in [0.4, 0.5) is 0 Å². The van der Waals surface area contributed by atoms with E-state index in [-0.39, 0.29) is 5.92 Å². The lowest BCUT2D eigenvalue weighted by Crippen LogP contribution is -2.30. The summed E-state index contributed by atoms with van der Waals surface area (Å²) in [4.78, 5) is 11.3. The maximum Gasteiger partial charge on any atom is 0.309 e. The molecule has 0 aliphatic heterocycles. The molecule has 2 heteroatoms. The molecule has 1 fully saturated rings. The third kappa shape index (κ3) is 1.65. The summed E-state index contributed by atoms with van der Waals surface area (Å²) >= 11 is 0. The van der Waals surface area contributed by atoms with Crippen molar-refractivity contribution < 1.29 is 9.90 Å². The van der Waals surface area contributed by atoms with Gasteiger partial charge in [0, 0.05) is 0 Å². The molecule has 1 aromatic rings. The molecule has 80 valence electrons. The fourth-order valence-electron chi connectivity index (χ4n) is 2.64. The number of carboxylic acid groups (broad SMARTS) is 1. The first-order valence-electron chi connectivity index (χ1n) is 5.43. The summed E-state index contributed by atoms with van der Waals surface area (Å²) in [6.45, 7) is 1.88. The number of hydrogen-bond acceptors (Lipinski definition) is 1. The van der Waals surface area contributed by atoms with Gasteiger partial charge in [-0.2, -0.15) is 0 Å². The molecule has 0 spiro atoms. The highest BCUT2D eigenvalue weighted by atomic mass is 16.4. The molecule has 2 rings (SSSR count). The Kier molecular flexibility index (Phi) is 2.51. The molecule has 0 radical (unpaired) electrons. The summed E-state index contributed by atoms with van der Waals surface area (Å²) in [5.74, 6) is -0.481.